The lowest BCUT2D eigenvalue weighted by Crippen LogP contribution is -2.14. The number of anilines is 1. The van der Waals surface area contributed by atoms with Crippen LogP contribution in [0, 0.1) is 0 Å². The number of nitrogens with one attached hydrogen (secondary N) is 1. The van der Waals surface area contributed by atoms with E-state index in [9.17, 15) is 4.79 Å². The molecule has 22 heavy (non-hydrogen) atoms. The minimum Gasteiger partial charge on any atom is -0.301 e. The van der Waals surface area contributed by atoms with Gasteiger partial charge in [-0.25, -0.2) is 0 Å². The maximum Gasteiger partial charge on any atom is 0.226 e. The third kappa shape index (κ3) is 3.53. The zero-order valence-corrected chi connectivity index (χ0v) is 13.7. The van der Waals surface area contributed by atoms with Crippen LogP contribution in [0.5, 0.6) is 0 Å². The molecule has 1 atom stereocenters. The summed E-state index contributed by atoms with van der Waals surface area (Å²) in [7, 11) is 0. The Bertz CT molecular complexity index is 653. The number of hydrogen-bond donors (Lipinski definition) is 1. The van der Waals surface area contributed by atoms with E-state index in [0.29, 0.717) is 17.5 Å². The largest absolute Gasteiger partial charge is 0.301 e. The van der Waals surface area contributed by atoms with E-state index >= 15 is 0 Å². The molecule has 3 rings (SSSR count). The predicted molar refractivity (Wildman–Crippen MR) is 89.3 cm³/mol. The molecule has 1 aromatic carbocycles. The van der Waals surface area contributed by atoms with Crippen molar-refractivity contribution in [1.29, 1.82) is 0 Å². The Kier molecular flexibility index (Phi) is 4.83. The number of carbonyl (C=O) groups excluding carboxylic acids is 1. The van der Waals surface area contributed by atoms with Gasteiger partial charge in [-0.1, -0.05) is 48.9 Å². The Labute approximate surface area is 135 Å². The van der Waals surface area contributed by atoms with Crippen LogP contribution in [0.3, 0.4) is 0 Å². The van der Waals surface area contributed by atoms with E-state index in [1.54, 1.807) is 0 Å². The molecule has 0 saturated carbocycles. The molecular weight excluding hydrogens is 294 g/mol. The Morgan fingerprint density at radius 1 is 1.36 bits per heavy atom. The average Bonchev–Trinajstić information content (AvgIpc) is 3.13. The van der Waals surface area contributed by atoms with E-state index in [2.05, 4.69) is 46.7 Å². The number of fused-ring (bicyclic) bond motifs is 1. The first-order valence-electron chi connectivity index (χ1n) is 7.96. The topological polar surface area (TPSA) is 54.9 Å². The van der Waals surface area contributed by atoms with Gasteiger partial charge in [0.2, 0.25) is 11.0 Å². The Morgan fingerprint density at radius 2 is 2.23 bits per heavy atom. The third-order valence-corrected chi connectivity index (χ3v) is 5.04. The minimum atomic E-state index is 0.0416. The van der Waals surface area contributed by atoms with Crippen LogP contribution >= 0.6 is 11.3 Å². The zero-order valence-electron chi connectivity index (χ0n) is 12.8. The Hall–Kier alpha value is -1.75. The minimum absolute atomic E-state index is 0.0416. The first-order chi connectivity index (χ1) is 10.8. The molecule has 5 heteroatoms. The van der Waals surface area contributed by atoms with Crippen molar-refractivity contribution >= 4 is 22.4 Å². The number of benzene rings is 1. The number of hydrogen-bond acceptors (Lipinski definition) is 4. The first-order valence-corrected chi connectivity index (χ1v) is 8.78. The standard InChI is InChI=1S/C17H21N3OS/c1-2-3-8-16-19-20-17(22-16)18-15(21)11-13-10-9-12-6-4-5-7-14(12)13/h4-7,13H,2-3,8-11H2,1H3,(H,18,20,21). The molecule has 1 N–H and O–H groups in total. The quantitative estimate of drug-likeness (QED) is 0.878. The van der Waals surface area contributed by atoms with Gasteiger partial charge < -0.3 is 5.32 Å². The van der Waals surface area contributed by atoms with Crippen LogP contribution in [0.25, 0.3) is 0 Å². The molecule has 2 aromatic rings. The highest BCUT2D eigenvalue weighted by molar-refractivity contribution is 7.15. The predicted octanol–water partition coefficient (Wildman–Crippen LogP) is 3.94. The Morgan fingerprint density at radius 3 is 3.09 bits per heavy atom. The monoisotopic (exact) mass is 315 g/mol. The van der Waals surface area contributed by atoms with Crippen molar-refractivity contribution in [1.82, 2.24) is 10.2 Å². The van der Waals surface area contributed by atoms with Crippen molar-refractivity contribution in [2.75, 3.05) is 5.32 Å². The van der Waals surface area contributed by atoms with Crippen LogP contribution in [0.2, 0.25) is 0 Å². The Balaban J connectivity index is 1.56. The molecule has 1 aliphatic carbocycles. The van der Waals surface area contributed by atoms with E-state index < -0.39 is 0 Å². The number of aryl methyl sites for hydroxylation is 2. The summed E-state index contributed by atoms with van der Waals surface area (Å²) in [6.45, 7) is 2.16. The van der Waals surface area contributed by atoms with Crippen LogP contribution in [0.4, 0.5) is 5.13 Å². The highest BCUT2D eigenvalue weighted by Crippen LogP contribution is 2.35. The van der Waals surface area contributed by atoms with Gasteiger partial charge in [0.05, 0.1) is 0 Å². The SMILES string of the molecule is CCCCc1nnc(NC(=O)CC2CCc3ccccc32)s1. The van der Waals surface area contributed by atoms with Crippen LogP contribution in [-0.4, -0.2) is 16.1 Å². The van der Waals surface area contributed by atoms with E-state index in [-0.39, 0.29) is 5.91 Å². The molecule has 116 valence electrons. The number of rotatable bonds is 6. The van der Waals surface area contributed by atoms with Gasteiger partial charge in [-0.15, -0.1) is 10.2 Å². The molecule has 1 unspecified atom stereocenters. The molecule has 0 bridgehead atoms. The number of aromatic nitrogens is 2. The summed E-state index contributed by atoms with van der Waals surface area (Å²) in [5, 5.41) is 12.7. The molecule has 0 spiro atoms. The normalized spacial score (nSPS) is 16.5. The van der Waals surface area contributed by atoms with Gasteiger partial charge in [-0.3, -0.25) is 4.79 Å². The second-order valence-electron chi connectivity index (χ2n) is 5.79. The van der Waals surface area contributed by atoms with E-state index in [0.717, 1.165) is 37.1 Å². The second-order valence-corrected chi connectivity index (χ2v) is 6.85. The third-order valence-electron chi connectivity index (χ3n) is 4.15. The first kappa shape index (κ1) is 15.2. The maximum absolute atomic E-state index is 12.2. The second kappa shape index (κ2) is 7.01. The summed E-state index contributed by atoms with van der Waals surface area (Å²) in [4.78, 5) is 12.2. The van der Waals surface area contributed by atoms with Crippen molar-refractivity contribution in [3.05, 3.63) is 40.4 Å². The van der Waals surface area contributed by atoms with E-state index in [1.165, 1.54) is 22.5 Å². The number of carbonyl (C=O) groups is 1. The van der Waals surface area contributed by atoms with E-state index in [1.807, 2.05) is 0 Å². The summed E-state index contributed by atoms with van der Waals surface area (Å²) < 4.78 is 0. The van der Waals surface area contributed by atoms with Crippen LogP contribution in [-0.2, 0) is 17.6 Å². The molecule has 4 nitrogen and oxygen atoms in total. The number of unbranched alkanes of at least 4 members (excludes halogenated alkanes) is 1. The van der Waals surface area contributed by atoms with Crippen molar-refractivity contribution in [2.24, 2.45) is 0 Å². The molecule has 0 fully saturated rings. The van der Waals surface area contributed by atoms with Crippen molar-refractivity contribution in [3.8, 4) is 0 Å². The smallest absolute Gasteiger partial charge is 0.226 e. The molecule has 1 heterocycles. The van der Waals surface area contributed by atoms with Crippen molar-refractivity contribution in [3.63, 3.8) is 0 Å². The van der Waals surface area contributed by atoms with Gasteiger partial charge in [0.1, 0.15) is 5.01 Å². The summed E-state index contributed by atoms with van der Waals surface area (Å²) in [5.41, 5.74) is 2.72. The van der Waals surface area contributed by atoms with Gasteiger partial charge in [0.25, 0.3) is 0 Å². The lowest BCUT2D eigenvalue weighted by Gasteiger charge is -2.10. The fraction of sp³-hybridized carbons (Fsp3) is 0.471. The molecule has 0 saturated heterocycles. The molecular formula is C17H21N3OS. The summed E-state index contributed by atoms with van der Waals surface area (Å²) >= 11 is 1.49. The molecule has 1 aromatic heterocycles. The summed E-state index contributed by atoms with van der Waals surface area (Å²) in [6.07, 6.45) is 5.86. The fourth-order valence-electron chi connectivity index (χ4n) is 2.98. The zero-order chi connectivity index (χ0) is 15.4. The van der Waals surface area contributed by atoms with E-state index in [4.69, 9.17) is 0 Å². The molecule has 0 aliphatic heterocycles. The summed E-state index contributed by atoms with van der Waals surface area (Å²) in [6, 6.07) is 8.44. The van der Waals surface area contributed by atoms with Gasteiger partial charge in [0, 0.05) is 12.8 Å². The summed E-state index contributed by atoms with van der Waals surface area (Å²) in [5.74, 6) is 0.378. The highest BCUT2D eigenvalue weighted by Gasteiger charge is 2.24. The van der Waals surface area contributed by atoms with Crippen LogP contribution in [0.15, 0.2) is 24.3 Å². The van der Waals surface area contributed by atoms with Crippen molar-refractivity contribution < 1.29 is 4.79 Å². The van der Waals surface area contributed by atoms with Crippen LogP contribution in [0.1, 0.15) is 54.7 Å². The number of nitrogens with zero attached hydrogens (tertiary/aromatic N) is 2. The van der Waals surface area contributed by atoms with Crippen molar-refractivity contribution in [2.45, 2.75) is 51.4 Å². The molecule has 1 amide bonds. The number of amides is 1. The van der Waals surface area contributed by atoms with Gasteiger partial charge in [0.15, 0.2) is 0 Å². The lowest BCUT2D eigenvalue weighted by atomic mass is 9.97. The lowest BCUT2D eigenvalue weighted by molar-refractivity contribution is -0.116. The highest BCUT2D eigenvalue weighted by atomic mass is 32.1. The van der Waals surface area contributed by atoms with Gasteiger partial charge in [-0.05, 0) is 36.3 Å². The average molecular weight is 315 g/mol. The maximum atomic E-state index is 12.2. The van der Waals surface area contributed by atoms with Gasteiger partial charge in [-0.2, -0.15) is 0 Å². The molecule has 1 aliphatic rings. The fourth-order valence-corrected chi connectivity index (χ4v) is 3.78. The molecule has 0 radical (unpaired) electrons. The van der Waals surface area contributed by atoms with Crippen LogP contribution < -0.4 is 5.32 Å². The van der Waals surface area contributed by atoms with Gasteiger partial charge >= 0.3 is 0 Å².